The number of Topliss-reactive ketones (excluding diaryl/α,β-unsaturated/α-hetero) is 1. The van der Waals surface area contributed by atoms with Crippen LogP contribution in [-0.4, -0.2) is 18.4 Å². The molecular weight excluding hydrogens is 243 g/mol. The molecule has 5 heteroatoms. The Morgan fingerprint density at radius 2 is 1.78 bits per heavy atom. The molecule has 0 aromatic heterocycles. The van der Waals surface area contributed by atoms with Crippen LogP contribution >= 0.6 is 0 Å². The van der Waals surface area contributed by atoms with E-state index in [9.17, 15) is 18.0 Å². The molecular formula is C13H16F3NO. The van der Waals surface area contributed by atoms with Crippen molar-refractivity contribution in [2.75, 3.05) is 6.54 Å². The molecule has 1 N–H and O–H groups in total. The van der Waals surface area contributed by atoms with Crippen molar-refractivity contribution in [1.82, 2.24) is 5.32 Å². The minimum Gasteiger partial charge on any atom is -0.314 e. The Labute approximate surface area is 104 Å². The molecule has 2 nitrogen and oxygen atoms in total. The largest absolute Gasteiger partial charge is 0.416 e. The lowest BCUT2D eigenvalue weighted by Gasteiger charge is -2.08. The van der Waals surface area contributed by atoms with E-state index in [2.05, 4.69) is 5.32 Å². The van der Waals surface area contributed by atoms with E-state index in [-0.39, 0.29) is 18.2 Å². The molecule has 0 aliphatic carbocycles. The number of halogens is 3. The highest BCUT2D eigenvalue weighted by Gasteiger charge is 2.30. The van der Waals surface area contributed by atoms with Crippen LogP contribution in [0.4, 0.5) is 13.2 Å². The highest BCUT2D eigenvalue weighted by Crippen LogP contribution is 2.29. The van der Waals surface area contributed by atoms with Crippen LogP contribution in [0.3, 0.4) is 0 Å². The van der Waals surface area contributed by atoms with Gasteiger partial charge in [0.15, 0.2) is 5.78 Å². The van der Waals surface area contributed by atoms with E-state index in [1.54, 1.807) is 0 Å². The first-order valence-corrected chi connectivity index (χ1v) is 5.74. The Morgan fingerprint density at radius 1 is 1.22 bits per heavy atom. The quantitative estimate of drug-likeness (QED) is 0.822. The first kappa shape index (κ1) is 14.7. The minimum atomic E-state index is -4.36. The van der Waals surface area contributed by atoms with Crippen molar-refractivity contribution in [1.29, 1.82) is 0 Å². The van der Waals surface area contributed by atoms with Crippen LogP contribution in [-0.2, 0) is 6.18 Å². The van der Waals surface area contributed by atoms with Crippen molar-refractivity contribution >= 4 is 5.78 Å². The minimum absolute atomic E-state index is 0.156. The fourth-order valence-electron chi connectivity index (χ4n) is 1.46. The number of rotatable bonds is 5. The topological polar surface area (TPSA) is 29.1 Å². The zero-order chi connectivity index (χ0) is 13.8. The number of hydrogen-bond donors (Lipinski definition) is 1. The second kappa shape index (κ2) is 6.00. The Morgan fingerprint density at radius 3 is 2.22 bits per heavy atom. The summed E-state index contributed by atoms with van der Waals surface area (Å²) >= 11 is 0. The van der Waals surface area contributed by atoms with Gasteiger partial charge in [-0.15, -0.1) is 0 Å². The number of hydrogen-bond acceptors (Lipinski definition) is 2. The molecule has 0 atom stereocenters. The lowest BCUT2D eigenvalue weighted by molar-refractivity contribution is -0.137. The first-order valence-electron chi connectivity index (χ1n) is 5.74. The van der Waals surface area contributed by atoms with Crippen molar-refractivity contribution < 1.29 is 18.0 Å². The lowest BCUT2D eigenvalue weighted by Crippen LogP contribution is -2.25. The monoisotopic (exact) mass is 259 g/mol. The molecule has 18 heavy (non-hydrogen) atoms. The lowest BCUT2D eigenvalue weighted by atomic mass is 10.1. The van der Waals surface area contributed by atoms with E-state index in [1.165, 1.54) is 12.1 Å². The standard InChI is InChI=1S/C13H16F3NO/c1-9(2)17-8-7-12(18)10-3-5-11(6-4-10)13(14,15)16/h3-6,9,17H,7-8H2,1-2H3. The summed E-state index contributed by atoms with van der Waals surface area (Å²) < 4.78 is 37.0. The van der Waals surface area contributed by atoms with Crippen molar-refractivity contribution in [3.8, 4) is 0 Å². The summed E-state index contributed by atoms with van der Waals surface area (Å²) in [6.45, 7) is 4.45. The summed E-state index contributed by atoms with van der Waals surface area (Å²) in [4.78, 5) is 11.7. The Balaban J connectivity index is 2.60. The molecule has 1 aromatic carbocycles. The fourth-order valence-corrected chi connectivity index (χ4v) is 1.46. The number of alkyl halides is 3. The Hall–Kier alpha value is -1.36. The number of carbonyl (C=O) groups excluding carboxylic acids is 1. The molecule has 0 amide bonds. The Bertz CT molecular complexity index is 396. The van der Waals surface area contributed by atoms with Gasteiger partial charge in [0.1, 0.15) is 0 Å². The van der Waals surface area contributed by atoms with Gasteiger partial charge < -0.3 is 5.32 Å². The summed E-state index contributed by atoms with van der Waals surface area (Å²) in [6.07, 6.45) is -4.08. The maximum atomic E-state index is 12.3. The first-order chi connectivity index (χ1) is 8.30. The van der Waals surface area contributed by atoms with Gasteiger partial charge in [-0.1, -0.05) is 26.0 Å². The van der Waals surface area contributed by atoms with Gasteiger partial charge in [0.05, 0.1) is 5.56 Å². The summed E-state index contributed by atoms with van der Waals surface area (Å²) in [7, 11) is 0. The predicted octanol–water partition coefficient (Wildman–Crippen LogP) is 3.28. The third-order valence-corrected chi connectivity index (χ3v) is 2.44. The van der Waals surface area contributed by atoms with Crippen molar-refractivity contribution in [2.45, 2.75) is 32.5 Å². The summed E-state index contributed by atoms with van der Waals surface area (Å²) in [5.41, 5.74) is -0.423. The van der Waals surface area contributed by atoms with E-state index in [0.29, 0.717) is 12.1 Å². The van der Waals surface area contributed by atoms with Crippen molar-refractivity contribution in [2.24, 2.45) is 0 Å². The van der Waals surface area contributed by atoms with Crippen molar-refractivity contribution in [3.05, 3.63) is 35.4 Å². The third kappa shape index (κ3) is 4.49. The van der Waals surface area contributed by atoms with E-state index >= 15 is 0 Å². The van der Waals surface area contributed by atoms with Gasteiger partial charge in [0.2, 0.25) is 0 Å². The van der Waals surface area contributed by atoms with Crippen LogP contribution in [0, 0.1) is 0 Å². The van der Waals surface area contributed by atoms with E-state index in [4.69, 9.17) is 0 Å². The molecule has 0 spiro atoms. The fraction of sp³-hybridized carbons (Fsp3) is 0.462. The summed E-state index contributed by atoms with van der Waals surface area (Å²) in [5.74, 6) is -0.156. The summed E-state index contributed by atoms with van der Waals surface area (Å²) in [5, 5.41) is 3.08. The van der Waals surface area contributed by atoms with E-state index in [0.717, 1.165) is 12.1 Å². The molecule has 0 unspecified atom stereocenters. The molecule has 0 saturated carbocycles. The third-order valence-electron chi connectivity index (χ3n) is 2.44. The van der Waals surface area contributed by atoms with Crippen LogP contribution in [0.15, 0.2) is 24.3 Å². The van der Waals surface area contributed by atoms with Crippen molar-refractivity contribution in [3.63, 3.8) is 0 Å². The molecule has 1 rings (SSSR count). The molecule has 0 bridgehead atoms. The highest BCUT2D eigenvalue weighted by molar-refractivity contribution is 5.96. The van der Waals surface area contributed by atoms with Crippen LogP contribution in [0.25, 0.3) is 0 Å². The number of carbonyl (C=O) groups is 1. The molecule has 0 fully saturated rings. The van der Waals surface area contributed by atoms with Gasteiger partial charge in [0, 0.05) is 24.6 Å². The van der Waals surface area contributed by atoms with Crippen LogP contribution in [0.5, 0.6) is 0 Å². The highest BCUT2D eigenvalue weighted by atomic mass is 19.4. The molecule has 0 heterocycles. The number of ketones is 1. The molecule has 1 aromatic rings. The van der Waals surface area contributed by atoms with Gasteiger partial charge in [-0.3, -0.25) is 4.79 Å². The maximum Gasteiger partial charge on any atom is 0.416 e. The molecule has 0 aliphatic heterocycles. The number of nitrogens with one attached hydrogen (secondary N) is 1. The van der Waals surface area contributed by atoms with E-state index < -0.39 is 11.7 Å². The van der Waals surface area contributed by atoms with Gasteiger partial charge in [-0.2, -0.15) is 13.2 Å². The normalized spacial score (nSPS) is 11.9. The SMILES string of the molecule is CC(C)NCCC(=O)c1ccc(C(F)(F)F)cc1. The zero-order valence-electron chi connectivity index (χ0n) is 10.3. The van der Waals surface area contributed by atoms with Gasteiger partial charge >= 0.3 is 6.18 Å². The zero-order valence-corrected chi connectivity index (χ0v) is 10.3. The maximum absolute atomic E-state index is 12.3. The molecule has 0 saturated heterocycles. The van der Waals surface area contributed by atoms with Gasteiger partial charge in [-0.05, 0) is 12.1 Å². The van der Waals surface area contributed by atoms with Crippen LogP contribution in [0.2, 0.25) is 0 Å². The average molecular weight is 259 g/mol. The summed E-state index contributed by atoms with van der Waals surface area (Å²) in [6, 6.07) is 4.60. The number of benzene rings is 1. The molecule has 100 valence electrons. The molecule has 0 aliphatic rings. The second-order valence-electron chi connectivity index (χ2n) is 4.36. The average Bonchev–Trinajstić information content (AvgIpc) is 2.27. The van der Waals surface area contributed by atoms with Gasteiger partial charge in [-0.25, -0.2) is 0 Å². The van der Waals surface area contributed by atoms with Crippen LogP contribution < -0.4 is 5.32 Å². The van der Waals surface area contributed by atoms with Crippen LogP contribution in [0.1, 0.15) is 36.2 Å². The van der Waals surface area contributed by atoms with Gasteiger partial charge in [0.25, 0.3) is 0 Å². The van der Waals surface area contributed by atoms with E-state index in [1.807, 2.05) is 13.8 Å². The second-order valence-corrected chi connectivity index (χ2v) is 4.36. The smallest absolute Gasteiger partial charge is 0.314 e. The predicted molar refractivity (Wildman–Crippen MR) is 63.5 cm³/mol. The molecule has 0 radical (unpaired) electrons. The Kier molecular flexibility index (Phi) is 4.90.